The summed E-state index contributed by atoms with van der Waals surface area (Å²) in [5, 5.41) is 15.0. The van der Waals surface area contributed by atoms with Gasteiger partial charge in [-0.05, 0) is 36.1 Å². The summed E-state index contributed by atoms with van der Waals surface area (Å²) < 4.78 is 0. The number of benzene rings is 2. The van der Waals surface area contributed by atoms with Gasteiger partial charge in [0.2, 0.25) is 5.95 Å². The summed E-state index contributed by atoms with van der Waals surface area (Å²) in [6, 6.07) is 17.8. The minimum absolute atomic E-state index is 0.250. The molecule has 0 aliphatic rings. The first kappa shape index (κ1) is 19.4. The molecule has 0 unspecified atom stereocenters. The lowest BCUT2D eigenvalue weighted by Crippen LogP contribution is -2.15. The number of hydrogen-bond donors (Lipinski definition) is 3. The van der Waals surface area contributed by atoms with Crippen molar-refractivity contribution >= 4 is 23.4 Å². The molecular formula is C22H24N4O2. The molecular weight excluding hydrogens is 352 g/mol. The molecule has 3 aromatic rings. The zero-order valence-corrected chi connectivity index (χ0v) is 16.2. The summed E-state index contributed by atoms with van der Waals surface area (Å²) in [6.45, 7) is 6.19. The molecule has 0 radical (unpaired) electrons. The van der Waals surface area contributed by atoms with Crippen molar-refractivity contribution < 1.29 is 9.90 Å². The van der Waals surface area contributed by atoms with Gasteiger partial charge >= 0.3 is 5.97 Å². The average Bonchev–Trinajstić information content (AvgIpc) is 2.66. The highest BCUT2D eigenvalue weighted by Crippen LogP contribution is 2.26. The van der Waals surface area contributed by atoms with Crippen molar-refractivity contribution in [3.63, 3.8) is 0 Å². The van der Waals surface area contributed by atoms with Gasteiger partial charge in [0.25, 0.3) is 0 Å². The molecule has 0 spiro atoms. The van der Waals surface area contributed by atoms with E-state index in [1.54, 1.807) is 0 Å². The van der Waals surface area contributed by atoms with Crippen LogP contribution in [0.2, 0.25) is 0 Å². The Balaban J connectivity index is 1.94. The molecule has 1 heterocycles. The van der Waals surface area contributed by atoms with Gasteiger partial charge in [-0.3, -0.25) is 4.79 Å². The number of carboxylic acid groups (broad SMARTS) is 1. The van der Waals surface area contributed by atoms with Crippen LogP contribution >= 0.6 is 0 Å². The molecule has 0 saturated carbocycles. The van der Waals surface area contributed by atoms with Crippen molar-refractivity contribution in [1.82, 2.24) is 9.97 Å². The number of carbonyl (C=O) groups is 1. The minimum Gasteiger partial charge on any atom is -0.480 e. The van der Waals surface area contributed by atoms with Gasteiger partial charge in [-0.25, -0.2) is 4.98 Å². The smallest absolute Gasteiger partial charge is 0.322 e. The molecule has 0 saturated heterocycles. The van der Waals surface area contributed by atoms with Crippen LogP contribution in [0.5, 0.6) is 0 Å². The summed E-state index contributed by atoms with van der Waals surface area (Å²) in [7, 11) is 0. The highest BCUT2D eigenvalue weighted by Gasteiger charge is 2.10. The standard InChI is InChI=1S/C22H24N4O2/c1-14(2)18-10-9-17(11-15(18)3)24-20-12-19(16-7-5-4-6-8-16)25-22(26-20)23-13-21(27)28/h4-12,14H,13H2,1-3H3,(H,27,28)(H2,23,24,25,26). The Labute approximate surface area is 164 Å². The fraction of sp³-hybridized carbons (Fsp3) is 0.227. The summed E-state index contributed by atoms with van der Waals surface area (Å²) in [4.78, 5) is 19.8. The number of aryl methyl sites for hydroxylation is 1. The zero-order valence-electron chi connectivity index (χ0n) is 16.2. The Bertz CT molecular complexity index is 972. The van der Waals surface area contributed by atoms with Gasteiger partial charge in [0.1, 0.15) is 12.4 Å². The maximum atomic E-state index is 10.9. The van der Waals surface area contributed by atoms with Gasteiger partial charge in [0.05, 0.1) is 5.69 Å². The second-order valence-electron chi connectivity index (χ2n) is 6.93. The van der Waals surface area contributed by atoms with Gasteiger partial charge < -0.3 is 15.7 Å². The number of aromatic nitrogens is 2. The third-order valence-electron chi connectivity index (χ3n) is 4.36. The molecule has 0 aliphatic carbocycles. The second-order valence-corrected chi connectivity index (χ2v) is 6.93. The van der Waals surface area contributed by atoms with Crippen molar-refractivity contribution in [1.29, 1.82) is 0 Å². The molecule has 0 aliphatic heterocycles. The van der Waals surface area contributed by atoms with Crippen LogP contribution in [0.15, 0.2) is 54.6 Å². The van der Waals surface area contributed by atoms with E-state index >= 15 is 0 Å². The van der Waals surface area contributed by atoms with Crippen molar-refractivity contribution in [2.45, 2.75) is 26.7 Å². The van der Waals surface area contributed by atoms with E-state index < -0.39 is 5.97 Å². The summed E-state index contributed by atoms with van der Waals surface area (Å²) >= 11 is 0. The molecule has 0 amide bonds. The third-order valence-corrected chi connectivity index (χ3v) is 4.36. The minimum atomic E-state index is -0.969. The highest BCUT2D eigenvalue weighted by atomic mass is 16.4. The van der Waals surface area contributed by atoms with Crippen LogP contribution in [0.4, 0.5) is 17.5 Å². The van der Waals surface area contributed by atoms with Crippen LogP contribution in [0.3, 0.4) is 0 Å². The SMILES string of the molecule is Cc1cc(Nc2cc(-c3ccccc3)nc(NCC(=O)O)n2)ccc1C(C)C. The van der Waals surface area contributed by atoms with Crippen LogP contribution in [0, 0.1) is 6.92 Å². The maximum Gasteiger partial charge on any atom is 0.322 e. The quantitative estimate of drug-likeness (QED) is 0.548. The van der Waals surface area contributed by atoms with E-state index in [0.29, 0.717) is 17.4 Å². The van der Waals surface area contributed by atoms with E-state index in [1.165, 1.54) is 11.1 Å². The number of nitrogens with one attached hydrogen (secondary N) is 2. The maximum absolute atomic E-state index is 10.9. The van der Waals surface area contributed by atoms with Crippen LogP contribution < -0.4 is 10.6 Å². The monoisotopic (exact) mass is 376 g/mol. The molecule has 0 atom stereocenters. The predicted octanol–water partition coefficient (Wildman–Crippen LogP) is 4.82. The topological polar surface area (TPSA) is 87.1 Å². The van der Waals surface area contributed by atoms with E-state index in [1.807, 2.05) is 42.5 Å². The zero-order chi connectivity index (χ0) is 20.1. The van der Waals surface area contributed by atoms with Gasteiger partial charge in [0, 0.05) is 17.3 Å². The molecule has 144 valence electrons. The Hall–Kier alpha value is -3.41. The third kappa shape index (κ3) is 4.85. The fourth-order valence-corrected chi connectivity index (χ4v) is 3.05. The Morgan fingerprint density at radius 2 is 1.82 bits per heavy atom. The molecule has 6 heteroatoms. The van der Waals surface area contributed by atoms with E-state index in [4.69, 9.17) is 5.11 Å². The largest absolute Gasteiger partial charge is 0.480 e. The normalized spacial score (nSPS) is 10.7. The lowest BCUT2D eigenvalue weighted by Gasteiger charge is -2.14. The Morgan fingerprint density at radius 3 is 2.46 bits per heavy atom. The van der Waals surface area contributed by atoms with Gasteiger partial charge in [-0.1, -0.05) is 50.2 Å². The first-order chi connectivity index (χ1) is 13.4. The van der Waals surface area contributed by atoms with E-state index in [-0.39, 0.29) is 12.5 Å². The molecule has 0 fully saturated rings. The van der Waals surface area contributed by atoms with Gasteiger partial charge in [-0.2, -0.15) is 4.98 Å². The molecule has 28 heavy (non-hydrogen) atoms. The summed E-state index contributed by atoms with van der Waals surface area (Å²) in [6.07, 6.45) is 0. The Kier molecular flexibility index (Phi) is 5.89. The van der Waals surface area contributed by atoms with Gasteiger partial charge in [0.15, 0.2) is 0 Å². The number of hydrogen-bond acceptors (Lipinski definition) is 5. The van der Waals surface area contributed by atoms with Crippen molar-refractivity contribution in [3.05, 3.63) is 65.7 Å². The molecule has 2 aromatic carbocycles. The summed E-state index contributed by atoms with van der Waals surface area (Å²) in [5.74, 6) is 0.355. The first-order valence-electron chi connectivity index (χ1n) is 9.20. The lowest BCUT2D eigenvalue weighted by molar-refractivity contribution is -0.134. The molecule has 3 rings (SSSR count). The number of carboxylic acids is 1. The molecule has 6 nitrogen and oxygen atoms in total. The molecule has 1 aromatic heterocycles. The van der Waals surface area contributed by atoms with Crippen LogP contribution in [-0.4, -0.2) is 27.6 Å². The van der Waals surface area contributed by atoms with Gasteiger partial charge in [-0.15, -0.1) is 0 Å². The Morgan fingerprint density at radius 1 is 1.07 bits per heavy atom. The number of aliphatic carboxylic acids is 1. The van der Waals surface area contributed by atoms with E-state index in [0.717, 1.165) is 11.3 Å². The van der Waals surface area contributed by atoms with Crippen molar-refractivity contribution in [2.75, 3.05) is 17.2 Å². The van der Waals surface area contributed by atoms with Crippen molar-refractivity contribution in [3.8, 4) is 11.3 Å². The van der Waals surface area contributed by atoms with Crippen LogP contribution in [-0.2, 0) is 4.79 Å². The second kappa shape index (κ2) is 8.52. The van der Waals surface area contributed by atoms with E-state index in [2.05, 4.69) is 53.5 Å². The number of anilines is 3. The average molecular weight is 376 g/mol. The lowest BCUT2D eigenvalue weighted by atomic mass is 9.98. The highest BCUT2D eigenvalue weighted by molar-refractivity contribution is 5.73. The number of nitrogens with zero attached hydrogens (tertiary/aromatic N) is 2. The molecule has 3 N–H and O–H groups in total. The first-order valence-corrected chi connectivity index (χ1v) is 9.20. The predicted molar refractivity (Wildman–Crippen MR) is 112 cm³/mol. The fourth-order valence-electron chi connectivity index (χ4n) is 3.05. The molecule has 0 bridgehead atoms. The van der Waals surface area contributed by atoms with Crippen molar-refractivity contribution in [2.24, 2.45) is 0 Å². The number of rotatable bonds is 7. The van der Waals surface area contributed by atoms with Crippen LogP contribution in [0.1, 0.15) is 30.9 Å². The van der Waals surface area contributed by atoms with E-state index in [9.17, 15) is 4.79 Å². The van der Waals surface area contributed by atoms with Crippen LogP contribution in [0.25, 0.3) is 11.3 Å². The summed E-state index contributed by atoms with van der Waals surface area (Å²) in [5.41, 5.74) is 5.08.